The molecular formula is C17H17N7S. The van der Waals surface area contributed by atoms with Gasteiger partial charge in [0.2, 0.25) is 0 Å². The molecule has 4 aromatic heterocycles. The first-order valence-electron chi connectivity index (χ1n) is 8.31. The second kappa shape index (κ2) is 5.75. The SMILES string of the molecule is Cc1cn2cc(-c3cnc4nc(N5CCNCC5)sc4n3)ccc2n1. The number of aromatic nitrogens is 5. The molecule has 25 heavy (non-hydrogen) atoms. The minimum atomic E-state index is 0.724. The predicted molar refractivity (Wildman–Crippen MR) is 99.2 cm³/mol. The van der Waals surface area contributed by atoms with Gasteiger partial charge >= 0.3 is 0 Å². The Bertz CT molecular complexity index is 1060. The molecular weight excluding hydrogens is 334 g/mol. The highest BCUT2D eigenvalue weighted by molar-refractivity contribution is 7.21. The van der Waals surface area contributed by atoms with Crippen LogP contribution in [0.15, 0.2) is 30.7 Å². The van der Waals surface area contributed by atoms with Gasteiger partial charge in [0.05, 0.1) is 17.6 Å². The van der Waals surface area contributed by atoms with E-state index in [2.05, 4.69) is 25.2 Å². The van der Waals surface area contributed by atoms with E-state index in [9.17, 15) is 0 Å². The highest BCUT2D eigenvalue weighted by Crippen LogP contribution is 2.28. The summed E-state index contributed by atoms with van der Waals surface area (Å²) in [6.07, 6.45) is 5.86. The number of anilines is 1. The van der Waals surface area contributed by atoms with Crippen LogP contribution in [0.4, 0.5) is 5.13 Å². The maximum Gasteiger partial charge on any atom is 0.191 e. The molecule has 4 aromatic rings. The summed E-state index contributed by atoms with van der Waals surface area (Å²) in [6.45, 7) is 5.93. The Morgan fingerprint density at radius 3 is 2.84 bits per heavy atom. The number of nitrogens with zero attached hydrogens (tertiary/aromatic N) is 6. The predicted octanol–water partition coefficient (Wildman–Crippen LogP) is 2.12. The van der Waals surface area contributed by atoms with Gasteiger partial charge in [0, 0.05) is 44.1 Å². The van der Waals surface area contributed by atoms with E-state index in [0.29, 0.717) is 0 Å². The number of imidazole rings is 1. The molecule has 1 aliphatic rings. The van der Waals surface area contributed by atoms with Gasteiger partial charge < -0.3 is 14.6 Å². The van der Waals surface area contributed by atoms with Gasteiger partial charge in [-0.15, -0.1) is 0 Å². The molecule has 1 N–H and O–H groups in total. The molecule has 0 aromatic carbocycles. The lowest BCUT2D eigenvalue weighted by Gasteiger charge is -2.26. The highest BCUT2D eigenvalue weighted by Gasteiger charge is 2.16. The number of rotatable bonds is 2. The summed E-state index contributed by atoms with van der Waals surface area (Å²) < 4.78 is 2.02. The number of fused-ring (bicyclic) bond motifs is 2. The molecule has 8 heteroatoms. The minimum Gasteiger partial charge on any atom is -0.345 e. The van der Waals surface area contributed by atoms with E-state index in [1.54, 1.807) is 17.5 Å². The number of piperazine rings is 1. The molecule has 0 amide bonds. The van der Waals surface area contributed by atoms with E-state index in [1.165, 1.54) is 0 Å². The zero-order valence-corrected chi connectivity index (χ0v) is 14.6. The third-order valence-corrected chi connectivity index (χ3v) is 5.37. The lowest BCUT2D eigenvalue weighted by Crippen LogP contribution is -2.43. The van der Waals surface area contributed by atoms with E-state index in [0.717, 1.165) is 64.4 Å². The summed E-state index contributed by atoms with van der Waals surface area (Å²) in [4.78, 5) is 21.6. The third kappa shape index (κ3) is 2.63. The van der Waals surface area contributed by atoms with Gasteiger partial charge in [-0.05, 0) is 19.1 Å². The topological polar surface area (TPSA) is 71.2 Å². The van der Waals surface area contributed by atoms with Crippen molar-refractivity contribution in [3.05, 3.63) is 36.4 Å². The van der Waals surface area contributed by atoms with Crippen LogP contribution in [0.5, 0.6) is 0 Å². The number of hydrogen-bond acceptors (Lipinski definition) is 7. The van der Waals surface area contributed by atoms with Crippen molar-refractivity contribution in [1.29, 1.82) is 0 Å². The second-order valence-corrected chi connectivity index (χ2v) is 7.14. The van der Waals surface area contributed by atoms with E-state index in [1.807, 2.05) is 35.9 Å². The standard InChI is InChI=1S/C17H17N7S/c1-11-9-24-10-12(2-3-14(24)20-11)13-8-19-15-16(21-13)25-17(22-15)23-6-4-18-5-7-23/h2-3,8-10,18H,4-7H2,1H3. The first-order chi connectivity index (χ1) is 12.3. The quantitative estimate of drug-likeness (QED) is 0.596. The molecule has 1 fully saturated rings. The molecule has 0 atom stereocenters. The van der Waals surface area contributed by atoms with E-state index in [4.69, 9.17) is 4.98 Å². The van der Waals surface area contributed by atoms with Crippen molar-refractivity contribution in [3.63, 3.8) is 0 Å². The molecule has 0 spiro atoms. The molecule has 1 saturated heterocycles. The molecule has 1 aliphatic heterocycles. The van der Waals surface area contributed by atoms with Gasteiger partial charge in [-0.2, -0.15) is 4.98 Å². The molecule has 0 bridgehead atoms. The maximum atomic E-state index is 4.79. The van der Waals surface area contributed by atoms with Crippen LogP contribution in [0.3, 0.4) is 0 Å². The van der Waals surface area contributed by atoms with Crippen LogP contribution in [-0.2, 0) is 0 Å². The van der Waals surface area contributed by atoms with Gasteiger partial charge in [-0.25, -0.2) is 15.0 Å². The Morgan fingerprint density at radius 1 is 1.08 bits per heavy atom. The van der Waals surface area contributed by atoms with Crippen molar-refractivity contribution >= 4 is 32.6 Å². The number of hydrogen-bond donors (Lipinski definition) is 1. The van der Waals surface area contributed by atoms with Crippen LogP contribution in [0, 0.1) is 6.92 Å². The molecule has 126 valence electrons. The average molecular weight is 351 g/mol. The van der Waals surface area contributed by atoms with Gasteiger partial charge in [0.15, 0.2) is 15.6 Å². The lowest BCUT2D eigenvalue weighted by atomic mass is 10.2. The zero-order chi connectivity index (χ0) is 16.8. The number of aryl methyl sites for hydroxylation is 1. The van der Waals surface area contributed by atoms with E-state index >= 15 is 0 Å². The minimum absolute atomic E-state index is 0.724. The first-order valence-corrected chi connectivity index (χ1v) is 9.13. The summed E-state index contributed by atoms with van der Waals surface area (Å²) >= 11 is 1.61. The molecule has 5 heterocycles. The van der Waals surface area contributed by atoms with Crippen LogP contribution in [-0.4, -0.2) is 50.5 Å². The Balaban J connectivity index is 1.54. The number of nitrogens with one attached hydrogen (secondary N) is 1. The Hall–Kier alpha value is -2.58. The fraction of sp³-hybridized carbons (Fsp3) is 0.294. The summed E-state index contributed by atoms with van der Waals surface area (Å²) in [6, 6.07) is 4.04. The summed E-state index contributed by atoms with van der Waals surface area (Å²) in [5, 5.41) is 4.37. The smallest absolute Gasteiger partial charge is 0.191 e. The van der Waals surface area contributed by atoms with Crippen molar-refractivity contribution < 1.29 is 0 Å². The highest BCUT2D eigenvalue weighted by atomic mass is 32.1. The third-order valence-electron chi connectivity index (χ3n) is 4.37. The maximum absolute atomic E-state index is 4.79. The first kappa shape index (κ1) is 14.7. The van der Waals surface area contributed by atoms with Crippen LogP contribution < -0.4 is 10.2 Å². The number of pyridine rings is 1. The monoisotopic (exact) mass is 351 g/mol. The fourth-order valence-corrected chi connectivity index (χ4v) is 4.06. The van der Waals surface area contributed by atoms with Crippen LogP contribution in [0.2, 0.25) is 0 Å². The van der Waals surface area contributed by atoms with Crippen molar-refractivity contribution in [1.82, 2.24) is 29.7 Å². The zero-order valence-electron chi connectivity index (χ0n) is 13.8. The van der Waals surface area contributed by atoms with E-state index in [-0.39, 0.29) is 0 Å². The van der Waals surface area contributed by atoms with Crippen molar-refractivity contribution in [2.45, 2.75) is 6.92 Å². The van der Waals surface area contributed by atoms with Gasteiger partial charge in [-0.1, -0.05) is 11.3 Å². The average Bonchev–Trinajstić information content (AvgIpc) is 3.23. The molecule has 0 saturated carbocycles. The van der Waals surface area contributed by atoms with Crippen molar-refractivity contribution in [3.8, 4) is 11.3 Å². The lowest BCUT2D eigenvalue weighted by molar-refractivity contribution is 0.588. The van der Waals surface area contributed by atoms with Crippen LogP contribution in [0.1, 0.15) is 5.69 Å². The Kier molecular flexibility index (Phi) is 3.39. The van der Waals surface area contributed by atoms with Crippen LogP contribution in [0.25, 0.3) is 27.4 Å². The Morgan fingerprint density at radius 2 is 1.96 bits per heavy atom. The van der Waals surface area contributed by atoms with Crippen LogP contribution >= 0.6 is 11.3 Å². The fourth-order valence-electron chi connectivity index (χ4n) is 3.11. The largest absolute Gasteiger partial charge is 0.345 e. The van der Waals surface area contributed by atoms with Gasteiger partial charge in [-0.3, -0.25) is 0 Å². The van der Waals surface area contributed by atoms with Gasteiger partial charge in [0.1, 0.15) is 5.65 Å². The molecule has 5 rings (SSSR count). The Labute approximate surface area is 148 Å². The summed E-state index contributed by atoms with van der Waals surface area (Å²) in [5.41, 5.74) is 4.55. The molecule has 0 aliphatic carbocycles. The van der Waals surface area contributed by atoms with Crippen molar-refractivity contribution in [2.75, 3.05) is 31.1 Å². The van der Waals surface area contributed by atoms with Gasteiger partial charge in [0.25, 0.3) is 0 Å². The summed E-state index contributed by atoms with van der Waals surface area (Å²) in [7, 11) is 0. The van der Waals surface area contributed by atoms with Crippen molar-refractivity contribution in [2.24, 2.45) is 0 Å². The second-order valence-electron chi connectivity index (χ2n) is 6.18. The molecule has 7 nitrogen and oxygen atoms in total. The van der Waals surface area contributed by atoms with E-state index < -0.39 is 0 Å². The normalized spacial score (nSPS) is 15.3. The molecule has 0 radical (unpaired) electrons. The number of thiazole rings is 1. The summed E-state index contributed by atoms with van der Waals surface area (Å²) in [5.74, 6) is 0. The molecule has 0 unspecified atom stereocenters.